The minimum atomic E-state index is 0.111. The van der Waals surface area contributed by atoms with Gasteiger partial charge >= 0.3 is 0 Å². The molecule has 3 rings (SSSR count). The molecular weight excluding hydrogens is 270 g/mol. The van der Waals surface area contributed by atoms with E-state index in [-0.39, 0.29) is 5.41 Å². The van der Waals surface area contributed by atoms with Crippen molar-refractivity contribution in [2.45, 2.75) is 70.8 Å². The Bertz CT molecular complexity index is 541. The smallest absolute Gasteiger partial charge is 0.0572 e. The molecule has 1 spiro atoms. The topological polar surface area (TPSA) is 33.1 Å². The van der Waals surface area contributed by atoms with Crippen LogP contribution in [0.5, 0.6) is 0 Å². The largest absolute Gasteiger partial charge is 0.381 e. The molecule has 0 radical (unpaired) electrons. The molecular formula is C20H29NO. The molecule has 0 unspecified atom stereocenters. The van der Waals surface area contributed by atoms with Crippen molar-refractivity contribution in [3.8, 4) is 0 Å². The standard InChI is InChI=1S/C20H29NO/c1-3-4-5-6-15-7-8-16-14-20(19(21)18(16)13-15)11-9-17(22-2)10-12-20/h7-8,13,17,21H,3-6,9-12,14H2,1-2H3. The van der Waals surface area contributed by atoms with E-state index < -0.39 is 0 Å². The summed E-state index contributed by atoms with van der Waals surface area (Å²) in [6, 6.07) is 6.90. The van der Waals surface area contributed by atoms with Crippen LogP contribution in [0.4, 0.5) is 0 Å². The molecule has 2 aliphatic rings. The van der Waals surface area contributed by atoms with Crippen LogP contribution in [-0.4, -0.2) is 18.9 Å². The van der Waals surface area contributed by atoms with Crippen LogP contribution in [0, 0.1) is 10.8 Å². The number of ether oxygens (including phenoxy) is 1. The molecule has 0 amide bonds. The summed E-state index contributed by atoms with van der Waals surface area (Å²) in [6.45, 7) is 2.25. The van der Waals surface area contributed by atoms with Gasteiger partial charge in [0.1, 0.15) is 0 Å². The zero-order chi connectivity index (χ0) is 15.6. The Labute approximate surface area is 134 Å². The third-order valence-electron chi connectivity index (χ3n) is 5.79. The van der Waals surface area contributed by atoms with Crippen LogP contribution in [-0.2, 0) is 17.6 Å². The van der Waals surface area contributed by atoms with E-state index in [1.165, 1.54) is 36.0 Å². The Morgan fingerprint density at radius 3 is 2.68 bits per heavy atom. The first-order valence-electron chi connectivity index (χ1n) is 8.92. The van der Waals surface area contributed by atoms with Gasteiger partial charge in [-0.15, -0.1) is 0 Å². The molecule has 1 saturated carbocycles. The van der Waals surface area contributed by atoms with E-state index in [0.717, 1.165) is 44.2 Å². The summed E-state index contributed by atoms with van der Waals surface area (Å²) in [6.07, 6.45) is 10.9. The van der Waals surface area contributed by atoms with Gasteiger partial charge in [-0.3, -0.25) is 0 Å². The maximum absolute atomic E-state index is 8.77. The number of methoxy groups -OCH3 is 1. The van der Waals surface area contributed by atoms with Gasteiger partial charge < -0.3 is 10.1 Å². The van der Waals surface area contributed by atoms with E-state index in [0.29, 0.717) is 6.10 Å². The average molecular weight is 299 g/mol. The fourth-order valence-corrected chi connectivity index (χ4v) is 4.29. The number of unbranched alkanes of at least 4 members (excludes halogenated alkanes) is 2. The number of fused-ring (bicyclic) bond motifs is 1. The number of hydrogen-bond acceptors (Lipinski definition) is 2. The van der Waals surface area contributed by atoms with E-state index in [4.69, 9.17) is 10.1 Å². The van der Waals surface area contributed by atoms with Crippen molar-refractivity contribution in [1.29, 1.82) is 5.41 Å². The first-order valence-corrected chi connectivity index (χ1v) is 8.92. The summed E-state index contributed by atoms with van der Waals surface area (Å²) in [7, 11) is 1.82. The van der Waals surface area contributed by atoms with Crippen LogP contribution in [0.3, 0.4) is 0 Å². The molecule has 2 aliphatic carbocycles. The number of benzene rings is 1. The van der Waals surface area contributed by atoms with E-state index in [1.807, 2.05) is 7.11 Å². The van der Waals surface area contributed by atoms with Gasteiger partial charge in [-0.05, 0) is 67.7 Å². The average Bonchev–Trinajstić information content (AvgIpc) is 2.81. The molecule has 22 heavy (non-hydrogen) atoms. The van der Waals surface area contributed by atoms with E-state index in [1.54, 1.807) is 0 Å². The maximum atomic E-state index is 8.77. The van der Waals surface area contributed by atoms with E-state index in [9.17, 15) is 0 Å². The van der Waals surface area contributed by atoms with Crippen LogP contribution in [0.25, 0.3) is 0 Å². The fourth-order valence-electron chi connectivity index (χ4n) is 4.29. The highest BCUT2D eigenvalue weighted by Crippen LogP contribution is 2.47. The SMILES string of the molecule is CCCCCc1ccc2c(c1)C(=N)C1(CCC(OC)CC1)C2. The molecule has 0 heterocycles. The summed E-state index contributed by atoms with van der Waals surface area (Å²) in [5, 5.41) is 8.77. The molecule has 0 saturated heterocycles. The molecule has 120 valence electrons. The van der Waals surface area contributed by atoms with Crippen molar-refractivity contribution in [1.82, 2.24) is 0 Å². The molecule has 1 N–H and O–H groups in total. The summed E-state index contributed by atoms with van der Waals surface area (Å²) in [5.41, 5.74) is 5.08. The van der Waals surface area contributed by atoms with Crippen molar-refractivity contribution in [3.63, 3.8) is 0 Å². The third kappa shape index (κ3) is 2.86. The lowest BCUT2D eigenvalue weighted by Gasteiger charge is -2.36. The maximum Gasteiger partial charge on any atom is 0.0572 e. The molecule has 1 aromatic rings. The van der Waals surface area contributed by atoms with Crippen LogP contribution in [0.15, 0.2) is 18.2 Å². The first kappa shape index (κ1) is 15.7. The van der Waals surface area contributed by atoms with E-state index >= 15 is 0 Å². The summed E-state index contributed by atoms with van der Waals surface area (Å²) >= 11 is 0. The molecule has 2 nitrogen and oxygen atoms in total. The van der Waals surface area contributed by atoms with Crippen LogP contribution in [0.1, 0.15) is 68.6 Å². The monoisotopic (exact) mass is 299 g/mol. The molecule has 0 aliphatic heterocycles. The van der Waals surface area contributed by atoms with Crippen LogP contribution < -0.4 is 0 Å². The summed E-state index contributed by atoms with van der Waals surface area (Å²) in [5.74, 6) is 0. The lowest BCUT2D eigenvalue weighted by molar-refractivity contribution is 0.0467. The molecule has 0 bridgehead atoms. The Balaban J connectivity index is 1.74. The minimum absolute atomic E-state index is 0.111. The predicted octanol–water partition coefficient (Wildman–Crippen LogP) is 4.92. The van der Waals surface area contributed by atoms with Gasteiger partial charge in [0.25, 0.3) is 0 Å². The lowest BCUT2D eigenvalue weighted by Crippen LogP contribution is -2.35. The van der Waals surface area contributed by atoms with Crippen molar-refractivity contribution >= 4 is 5.71 Å². The van der Waals surface area contributed by atoms with Gasteiger partial charge in [0.05, 0.1) is 6.10 Å². The van der Waals surface area contributed by atoms with Gasteiger partial charge in [-0.2, -0.15) is 0 Å². The number of rotatable bonds is 5. The second kappa shape index (κ2) is 6.54. The number of nitrogens with one attached hydrogen (secondary N) is 1. The molecule has 1 fully saturated rings. The predicted molar refractivity (Wildman–Crippen MR) is 91.9 cm³/mol. The Morgan fingerprint density at radius 1 is 1.23 bits per heavy atom. The molecule has 0 atom stereocenters. The van der Waals surface area contributed by atoms with Gasteiger partial charge in [0.15, 0.2) is 0 Å². The Kier molecular flexibility index (Phi) is 4.67. The van der Waals surface area contributed by atoms with Gasteiger partial charge in [0.2, 0.25) is 0 Å². The molecule has 0 aromatic heterocycles. The van der Waals surface area contributed by atoms with Crippen LogP contribution in [0.2, 0.25) is 0 Å². The van der Waals surface area contributed by atoms with Gasteiger partial charge in [-0.1, -0.05) is 31.9 Å². The van der Waals surface area contributed by atoms with Crippen molar-refractivity contribution in [3.05, 3.63) is 34.9 Å². The van der Waals surface area contributed by atoms with Crippen molar-refractivity contribution < 1.29 is 4.74 Å². The quantitative estimate of drug-likeness (QED) is 0.769. The highest BCUT2D eigenvalue weighted by molar-refractivity contribution is 6.07. The van der Waals surface area contributed by atoms with Gasteiger partial charge in [-0.25, -0.2) is 0 Å². The van der Waals surface area contributed by atoms with Crippen LogP contribution >= 0.6 is 0 Å². The zero-order valence-electron chi connectivity index (χ0n) is 14.1. The molecule has 2 heteroatoms. The summed E-state index contributed by atoms with van der Waals surface area (Å²) in [4.78, 5) is 0. The van der Waals surface area contributed by atoms with Gasteiger partial charge in [0, 0.05) is 18.2 Å². The highest BCUT2D eigenvalue weighted by atomic mass is 16.5. The van der Waals surface area contributed by atoms with Crippen molar-refractivity contribution in [2.24, 2.45) is 5.41 Å². The lowest BCUT2D eigenvalue weighted by atomic mass is 9.70. The number of hydrogen-bond donors (Lipinski definition) is 1. The van der Waals surface area contributed by atoms with Crippen molar-refractivity contribution in [2.75, 3.05) is 7.11 Å². The molecule has 1 aromatic carbocycles. The number of aryl methyl sites for hydroxylation is 1. The zero-order valence-corrected chi connectivity index (χ0v) is 14.1. The Hall–Kier alpha value is -1.15. The fraction of sp³-hybridized carbons (Fsp3) is 0.650. The second-order valence-electron chi connectivity index (χ2n) is 7.22. The highest BCUT2D eigenvalue weighted by Gasteiger charge is 2.44. The summed E-state index contributed by atoms with van der Waals surface area (Å²) < 4.78 is 5.51. The second-order valence-corrected chi connectivity index (χ2v) is 7.22. The first-order chi connectivity index (χ1) is 10.7. The minimum Gasteiger partial charge on any atom is -0.381 e. The Morgan fingerprint density at radius 2 is 2.00 bits per heavy atom. The third-order valence-corrected chi connectivity index (χ3v) is 5.79. The normalized spacial score (nSPS) is 27.4. The van der Waals surface area contributed by atoms with E-state index in [2.05, 4.69) is 25.1 Å².